The number of esters is 1. The summed E-state index contributed by atoms with van der Waals surface area (Å²) in [6.45, 7) is 1.88. The molecule has 3 rings (SSSR count). The smallest absolute Gasteiger partial charge is 0.339 e. The van der Waals surface area contributed by atoms with Crippen molar-refractivity contribution in [2.45, 2.75) is 24.2 Å². The number of ether oxygens (including phenoxy) is 1. The lowest BCUT2D eigenvalue weighted by Gasteiger charge is -2.07. The number of carbonyl (C=O) groups excluding carboxylic acids is 1. The van der Waals surface area contributed by atoms with Crippen LogP contribution in [0.2, 0.25) is 0 Å². The zero-order valence-electron chi connectivity index (χ0n) is 13.8. The molecule has 2 aromatic carbocycles. The van der Waals surface area contributed by atoms with Crippen molar-refractivity contribution in [2.24, 2.45) is 0 Å². The van der Waals surface area contributed by atoms with Crippen LogP contribution >= 0.6 is 11.8 Å². The molecule has 0 radical (unpaired) electrons. The summed E-state index contributed by atoms with van der Waals surface area (Å²) in [7, 11) is 0. The van der Waals surface area contributed by atoms with Crippen molar-refractivity contribution in [3.8, 4) is 11.3 Å². The second-order valence-electron chi connectivity index (χ2n) is 5.50. The summed E-state index contributed by atoms with van der Waals surface area (Å²) in [6, 6.07) is 15.5. The fourth-order valence-electron chi connectivity index (χ4n) is 2.28. The Morgan fingerprint density at radius 2 is 1.92 bits per heavy atom. The molecular weight excluding hydrogens is 360 g/mol. The first kappa shape index (κ1) is 18.1. The van der Waals surface area contributed by atoms with Crippen LogP contribution < -0.4 is 0 Å². The Morgan fingerprint density at radius 3 is 2.65 bits per heavy atom. The van der Waals surface area contributed by atoms with E-state index in [1.165, 1.54) is 12.1 Å². The molecular formula is C19H15F2NO3S. The Kier molecular flexibility index (Phi) is 5.68. The highest BCUT2D eigenvalue weighted by Crippen LogP contribution is 2.29. The molecule has 1 aromatic heterocycles. The molecule has 134 valence electrons. The lowest BCUT2D eigenvalue weighted by molar-refractivity contribution is 0.0460. The van der Waals surface area contributed by atoms with Gasteiger partial charge in [-0.15, -0.1) is 0 Å². The SMILES string of the molecule is Cc1ccc(-c2cc(COC(=O)c3ccccc3SC(F)F)no2)cc1. The number of carbonyl (C=O) groups is 1. The first-order valence-electron chi connectivity index (χ1n) is 7.76. The summed E-state index contributed by atoms with van der Waals surface area (Å²) in [5.41, 5.74) is 2.52. The van der Waals surface area contributed by atoms with Crippen molar-refractivity contribution < 1.29 is 22.8 Å². The fourth-order valence-corrected chi connectivity index (χ4v) is 2.91. The number of aryl methyl sites for hydroxylation is 1. The van der Waals surface area contributed by atoms with Crippen LogP contribution in [0.15, 0.2) is 64.0 Å². The monoisotopic (exact) mass is 375 g/mol. The Bertz CT molecular complexity index is 894. The molecule has 0 saturated heterocycles. The van der Waals surface area contributed by atoms with Gasteiger partial charge in [0.15, 0.2) is 5.76 Å². The maximum absolute atomic E-state index is 12.6. The van der Waals surface area contributed by atoms with Gasteiger partial charge in [0.25, 0.3) is 5.76 Å². The molecule has 0 aliphatic carbocycles. The zero-order chi connectivity index (χ0) is 18.5. The summed E-state index contributed by atoms with van der Waals surface area (Å²) >= 11 is 0.309. The standard InChI is InChI=1S/C19H15F2NO3S/c1-12-6-8-13(9-7-12)16-10-14(22-25-16)11-24-18(23)15-4-2-3-5-17(15)26-19(20)21/h2-10,19H,11H2,1H3. The molecule has 0 aliphatic heterocycles. The van der Waals surface area contributed by atoms with Gasteiger partial charge in [-0.3, -0.25) is 0 Å². The third-order valence-corrected chi connectivity index (χ3v) is 4.36. The molecule has 26 heavy (non-hydrogen) atoms. The van der Waals surface area contributed by atoms with Crippen LogP contribution in [0.25, 0.3) is 11.3 Å². The highest BCUT2D eigenvalue weighted by atomic mass is 32.2. The molecule has 0 fully saturated rings. The Morgan fingerprint density at radius 1 is 1.19 bits per heavy atom. The van der Waals surface area contributed by atoms with E-state index >= 15 is 0 Å². The highest BCUT2D eigenvalue weighted by Gasteiger charge is 2.17. The minimum Gasteiger partial charge on any atom is -0.455 e. The highest BCUT2D eigenvalue weighted by molar-refractivity contribution is 7.99. The number of alkyl halides is 2. The maximum atomic E-state index is 12.6. The number of rotatable bonds is 6. The zero-order valence-corrected chi connectivity index (χ0v) is 14.6. The van der Waals surface area contributed by atoms with Gasteiger partial charge in [0.1, 0.15) is 12.3 Å². The number of hydrogen-bond acceptors (Lipinski definition) is 5. The molecule has 7 heteroatoms. The quantitative estimate of drug-likeness (QED) is 0.431. The average molecular weight is 375 g/mol. The molecule has 1 heterocycles. The van der Waals surface area contributed by atoms with Crippen LogP contribution in [-0.4, -0.2) is 16.9 Å². The summed E-state index contributed by atoms with van der Waals surface area (Å²) in [4.78, 5) is 12.4. The number of aromatic nitrogens is 1. The van der Waals surface area contributed by atoms with E-state index in [1.807, 2.05) is 31.2 Å². The van der Waals surface area contributed by atoms with Crippen molar-refractivity contribution in [1.82, 2.24) is 5.16 Å². The van der Waals surface area contributed by atoms with Crippen LogP contribution in [0.4, 0.5) is 8.78 Å². The van der Waals surface area contributed by atoms with Gasteiger partial charge in [-0.2, -0.15) is 8.78 Å². The van der Waals surface area contributed by atoms with Crippen molar-refractivity contribution in [3.63, 3.8) is 0 Å². The molecule has 4 nitrogen and oxygen atoms in total. The second-order valence-corrected chi connectivity index (χ2v) is 6.53. The predicted molar refractivity (Wildman–Crippen MR) is 94.1 cm³/mol. The van der Waals surface area contributed by atoms with E-state index in [1.54, 1.807) is 18.2 Å². The largest absolute Gasteiger partial charge is 0.455 e. The van der Waals surface area contributed by atoms with E-state index in [-0.39, 0.29) is 17.1 Å². The minimum absolute atomic E-state index is 0.0973. The third-order valence-electron chi connectivity index (χ3n) is 3.57. The topological polar surface area (TPSA) is 52.3 Å². The van der Waals surface area contributed by atoms with Crippen molar-refractivity contribution in [2.75, 3.05) is 0 Å². The first-order valence-corrected chi connectivity index (χ1v) is 8.64. The van der Waals surface area contributed by atoms with Gasteiger partial charge in [-0.05, 0) is 19.1 Å². The lowest BCUT2D eigenvalue weighted by Crippen LogP contribution is -2.07. The molecule has 0 atom stereocenters. The Hall–Kier alpha value is -2.67. The fraction of sp³-hybridized carbons (Fsp3) is 0.158. The second kappa shape index (κ2) is 8.14. The van der Waals surface area contributed by atoms with Gasteiger partial charge in [0.05, 0.1) is 5.56 Å². The predicted octanol–water partition coefficient (Wildman–Crippen LogP) is 5.32. The molecule has 0 spiro atoms. The van der Waals surface area contributed by atoms with Crippen LogP contribution in [-0.2, 0) is 11.3 Å². The van der Waals surface area contributed by atoms with Crippen molar-refractivity contribution in [3.05, 3.63) is 71.4 Å². The van der Waals surface area contributed by atoms with E-state index < -0.39 is 11.7 Å². The number of nitrogens with zero attached hydrogens (tertiary/aromatic N) is 1. The van der Waals surface area contributed by atoms with Crippen molar-refractivity contribution in [1.29, 1.82) is 0 Å². The van der Waals surface area contributed by atoms with Crippen LogP contribution in [0.5, 0.6) is 0 Å². The van der Waals surface area contributed by atoms with Crippen LogP contribution in [0, 0.1) is 6.92 Å². The van der Waals surface area contributed by atoms with E-state index in [9.17, 15) is 13.6 Å². The van der Waals surface area contributed by atoms with Gasteiger partial charge in [0.2, 0.25) is 0 Å². The van der Waals surface area contributed by atoms with E-state index in [2.05, 4.69) is 5.16 Å². The summed E-state index contributed by atoms with van der Waals surface area (Å²) in [5, 5.41) is 3.87. The van der Waals surface area contributed by atoms with E-state index in [0.717, 1.165) is 11.1 Å². The van der Waals surface area contributed by atoms with Gasteiger partial charge in [-0.25, -0.2) is 4.79 Å². The first-order chi connectivity index (χ1) is 12.5. The van der Waals surface area contributed by atoms with Crippen molar-refractivity contribution >= 4 is 17.7 Å². The number of halogens is 2. The third kappa shape index (κ3) is 4.49. The lowest BCUT2D eigenvalue weighted by atomic mass is 10.1. The molecule has 0 amide bonds. The van der Waals surface area contributed by atoms with Gasteiger partial charge < -0.3 is 9.26 Å². The van der Waals surface area contributed by atoms with Gasteiger partial charge in [-0.1, -0.05) is 58.9 Å². The Balaban J connectivity index is 1.66. The Labute approximate surface area is 153 Å². The molecule has 3 aromatic rings. The van der Waals surface area contributed by atoms with E-state index in [0.29, 0.717) is 23.2 Å². The summed E-state index contributed by atoms with van der Waals surface area (Å²) < 4.78 is 35.6. The van der Waals surface area contributed by atoms with E-state index in [4.69, 9.17) is 9.26 Å². The molecule has 0 N–H and O–H groups in total. The van der Waals surface area contributed by atoms with Crippen LogP contribution in [0.3, 0.4) is 0 Å². The number of thioether (sulfide) groups is 1. The van der Waals surface area contributed by atoms with Crippen LogP contribution in [0.1, 0.15) is 21.6 Å². The number of hydrogen-bond donors (Lipinski definition) is 0. The molecule has 0 bridgehead atoms. The molecule has 0 saturated carbocycles. The number of benzene rings is 2. The van der Waals surface area contributed by atoms with Gasteiger partial charge >= 0.3 is 5.97 Å². The molecule has 0 unspecified atom stereocenters. The van der Waals surface area contributed by atoms with Gasteiger partial charge in [0, 0.05) is 16.5 Å². The maximum Gasteiger partial charge on any atom is 0.339 e. The molecule has 0 aliphatic rings. The minimum atomic E-state index is -2.61. The normalized spacial score (nSPS) is 10.9. The summed E-state index contributed by atoms with van der Waals surface area (Å²) in [5.74, 6) is -2.74. The average Bonchev–Trinajstić information content (AvgIpc) is 3.09. The summed E-state index contributed by atoms with van der Waals surface area (Å²) in [6.07, 6.45) is 0.